The number of aryl methyl sites for hydroxylation is 1. The summed E-state index contributed by atoms with van der Waals surface area (Å²) in [5.74, 6) is 0. The number of aromatic nitrogens is 2. The summed E-state index contributed by atoms with van der Waals surface area (Å²) in [6, 6.07) is 1.79. The van der Waals surface area contributed by atoms with E-state index < -0.39 is 0 Å². The van der Waals surface area contributed by atoms with Gasteiger partial charge in [0.25, 0.3) is 0 Å². The monoisotopic (exact) mass is 166 g/mol. The van der Waals surface area contributed by atoms with E-state index in [2.05, 4.69) is 16.4 Å². The molecular weight excluding hydrogens is 162 g/mol. The third kappa shape index (κ3) is 2.75. The number of rotatable bonds is 0. The third-order valence-corrected chi connectivity index (χ3v) is 0.578. The summed E-state index contributed by atoms with van der Waals surface area (Å²) in [6.45, 7) is 1.93. The van der Waals surface area contributed by atoms with E-state index in [0.29, 0.717) is 0 Å². The summed E-state index contributed by atoms with van der Waals surface area (Å²) in [4.78, 5) is 0. The molecule has 0 fully saturated rings. The molecule has 1 aromatic rings. The van der Waals surface area contributed by atoms with Crippen LogP contribution in [0.25, 0.3) is 0 Å². The molecule has 1 rings (SSSR count). The largest absolute Gasteiger partial charge is 1.00 e. The first kappa shape index (κ1) is 8.02. The van der Waals surface area contributed by atoms with Crippen LogP contribution in [0, 0.1) is 13.1 Å². The molecule has 0 saturated heterocycles. The second-order valence-electron chi connectivity index (χ2n) is 1.18. The SMILES string of the molecule is Cc1c[c-]n[nH]1.[Rb+]. The summed E-state index contributed by atoms with van der Waals surface area (Å²) in [5.41, 5.74) is 1.05. The second kappa shape index (κ2) is 3.95. The number of hydrogen-bond acceptors (Lipinski definition) is 1. The molecule has 0 aliphatic carbocycles. The molecule has 1 N–H and O–H groups in total. The predicted molar refractivity (Wildman–Crippen MR) is 22.2 cm³/mol. The summed E-state index contributed by atoms with van der Waals surface area (Å²) < 4.78 is 0. The van der Waals surface area contributed by atoms with Gasteiger partial charge in [0.15, 0.2) is 0 Å². The van der Waals surface area contributed by atoms with E-state index in [1.165, 1.54) is 0 Å². The van der Waals surface area contributed by atoms with Crippen LogP contribution in [-0.2, 0) is 0 Å². The van der Waals surface area contributed by atoms with Crippen LogP contribution in [0.2, 0.25) is 0 Å². The molecule has 0 aliphatic rings. The average Bonchev–Trinajstić information content (AvgIpc) is 1.86. The maximum atomic E-state index is 3.57. The van der Waals surface area contributed by atoms with Crippen LogP contribution in [0.1, 0.15) is 5.69 Å². The van der Waals surface area contributed by atoms with Gasteiger partial charge in [-0.05, 0) is 0 Å². The Morgan fingerprint density at radius 3 is 2.71 bits per heavy atom. The Kier molecular flexibility index (Phi) is 4.52. The Morgan fingerprint density at radius 1 is 1.86 bits per heavy atom. The molecule has 0 radical (unpaired) electrons. The molecule has 0 amide bonds. The molecule has 7 heavy (non-hydrogen) atoms. The van der Waals surface area contributed by atoms with Crippen molar-refractivity contribution >= 4 is 0 Å². The van der Waals surface area contributed by atoms with Crippen molar-refractivity contribution in [3.63, 3.8) is 0 Å². The van der Waals surface area contributed by atoms with Gasteiger partial charge in [-0.1, -0.05) is 6.92 Å². The first-order valence-electron chi connectivity index (χ1n) is 1.77. The minimum absolute atomic E-state index is 0. The van der Waals surface area contributed by atoms with Gasteiger partial charge in [0, 0.05) is 0 Å². The zero-order valence-electron chi connectivity index (χ0n) is 4.52. The first-order valence-corrected chi connectivity index (χ1v) is 1.77. The second-order valence-corrected chi connectivity index (χ2v) is 1.18. The van der Waals surface area contributed by atoms with Gasteiger partial charge >= 0.3 is 58.2 Å². The smallest absolute Gasteiger partial charge is 0.380 e. The van der Waals surface area contributed by atoms with Gasteiger partial charge in [0.1, 0.15) is 0 Å². The number of aromatic amines is 1. The fourth-order valence-corrected chi connectivity index (χ4v) is 0.282. The topological polar surface area (TPSA) is 28.7 Å². The van der Waals surface area contributed by atoms with E-state index in [0.717, 1.165) is 5.69 Å². The number of nitrogens with one attached hydrogen (secondary N) is 1. The molecule has 1 aromatic heterocycles. The quantitative estimate of drug-likeness (QED) is 0.425. The van der Waals surface area contributed by atoms with Crippen LogP contribution in [-0.4, -0.2) is 10.2 Å². The zero-order chi connectivity index (χ0) is 4.41. The Bertz CT molecular complexity index is 113. The normalized spacial score (nSPS) is 7.57. The summed E-state index contributed by atoms with van der Waals surface area (Å²) in [7, 11) is 0. The van der Waals surface area contributed by atoms with Crippen LogP contribution in [0.15, 0.2) is 6.07 Å². The molecule has 0 aliphatic heterocycles. The van der Waals surface area contributed by atoms with E-state index in [-0.39, 0.29) is 58.2 Å². The predicted octanol–water partition coefficient (Wildman–Crippen LogP) is -2.48. The number of nitrogens with zero attached hydrogens (tertiary/aromatic N) is 1. The van der Waals surface area contributed by atoms with Crippen molar-refractivity contribution in [3.8, 4) is 0 Å². The van der Waals surface area contributed by atoms with Gasteiger partial charge in [-0.3, -0.25) is 0 Å². The molecule has 0 aromatic carbocycles. The molecule has 32 valence electrons. The van der Waals surface area contributed by atoms with Crippen molar-refractivity contribution in [3.05, 3.63) is 18.0 Å². The van der Waals surface area contributed by atoms with Crippen molar-refractivity contribution in [2.45, 2.75) is 6.92 Å². The Hall–Kier alpha value is 1.02. The number of hydrogen-bond donors (Lipinski definition) is 1. The summed E-state index contributed by atoms with van der Waals surface area (Å²) >= 11 is 0. The molecule has 0 atom stereocenters. The standard InChI is InChI=1S/C4H5N2.Rb/c1-4-2-3-5-6-4;/h2H,1H3,(H,5,6);/q-1;+1. The van der Waals surface area contributed by atoms with E-state index in [1.807, 2.05) is 6.92 Å². The van der Waals surface area contributed by atoms with Crippen LogP contribution >= 0.6 is 0 Å². The van der Waals surface area contributed by atoms with Crippen molar-refractivity contribution in [2.75, 3.05) is 0 Å². The molecular formula is C4H5N2Rb. The molecule has 0 bridgehead atoms. The van der Waals surface area contributed by atoms with Gasteiger partial charge in [0.05, 0.1) is 0 Å². The van der Waals surface area contributed by atoms with E-state index in [4.69, 9.17) is 0 Å². The fraction of sp³-hybridized carbons (Fsp3) is 0.250. The zero-order valence-corrected chi connectivity index (χ0v) is 9.44. The Labute approximate surface area is 91.5 Å². The number of H-pyrrole nitrogens is 1. The third-order valence-electron chi connectivity index (χ3n) is 0.578. The van der Waals surface area contributed by atoms with Crippen LogP contribution in [0.4, 0.5) is 0 Å². The molecule has 2 nitrogen and oxygen atoms in total. The Balaban J connectivity index is 0.000000360. The molecule has 0 unspecified atom stereocenters. The van der Waals surface area contributed by atoms with Gasteiger partial charge in [0.2, 0.25) is 0 Å². The van der Waals surface area contributed by atoms with Crippen LogP contribution in [0.5, 0.6) is 0 Å². The van der Waals surface area contributed by atoms with Gasteiger partial charge < -0.3 is 10.2 Å². The molecule has 1 heterocycles. The Morgan fingerprint density at radius 2 is 2.57 bits per heavy atom. The maximum Gasteiger partial charge on any atom is 1.00 e. The van der Waals surface area contributed by atoms with Crippen molar-refractivity contribution in [2.24, 2.45) is 0 Å². The van der Waals surface area contributed by atoms with Crippen molar-refractivity contribution < 1.29 is 58.2 Å². The van der Waals surface area contributed by atoms with Gasteiger partial charge in [-0.25, -0.2) is 0 Å². The van der Waals surface area contributed by atoms with E-state index >= 15 is 0 Å². The van der Waals surface area contributed by atoms with Crippen LogP contribution in [0.3, 0.4) is 0 Å². The van der Waals surface area contributed by atoms with Gasteiger partial charge in [-0.15, -0.1) is 11.9 Å². The summed E-state index contributed by atoms with van der Waals surface area (Å²) in [5, 5.41) is 6.27. The molecule has 0 saturated carbocycles. The minimum atomic E-state index is 0. The average molecular weight is 167 g/mol. The van der Waals surface area contributed by atoms with Crippen molar-refractivity contribution in [1.29, 1.82) is 0 Å². The minimum Gasteiger partial charge on any atom is -0.380 e. The molecule has 3 heteroatoms. The maximum absolute atomic E-state index is 3.57. The summed E-state index contributed by atoms with van der Waals surface area (Å²) in [6.07, 6.45) is 2.62. The van der Waals surface area contributed by atoms with Gasteiger partial charge in [-0.2, -0.15) is 6.07 Å². The van der Waals surface area contributed by atoms with Crippen molar-refractivity contribution in [1.82, 2.24) is 10.2 Å². The van der Waals surface area contributed by atoms with Crippen LogP contribution < -0.4 is 58.2 Å². The fourth-order valence-electron chi connectivity index (χ4n) is 0.282. The molecule has 0 spiro atoms. The van der Waals surface area contributed by atoms with E-state index in [1.54, 1.807) is 6.07 Å². The van der Waals surface area contributed by atoms with E-state index in [9.17, 15) is 0 Å². The first-order chi connectivity index (χ1) is 2.89.